The van der Waals surface area contributed by atoms with Crippen LogP contribution in [0.3, 0.4) is 0 Å². The first-order chi connectivity index (χ1) is 9.65. The number of benzene rings is 1. The summed E-state index contributed by atoms with van der Waals surface area (Å²) in [6.45, 7) is 0. The van der Waals surface area contributed by atoms with Crippen molar-refractivity contribution in [3.63, 3.8) is 0 Å². The van der Waals surface area contributed by atoms with Gasteiger partial charge in [-0.25, -0.2) is 4.39 Å². The summed E-state index contributed by atoms with van der Waals surface area (Å²) in [6, 6.07) is 6.61. The minimum Gasteiger partial charge on any atom is -0.459 e. The van der Waals surface area contributed by atoms with Gasteiger partial charge in [-0.1, -0.05) is 0 Å². The fraction of sp³-hybridized carbons (Fsp3) is 0.500. The van der Waals surface area contributed by atoms with Crippen LogP contribution in [-0.4, -0.2) is 19.8 Å². The molecule has 2 aromatic rings. The lowest BCUT2D eigenvalue weighted by molar-refractivity contribution is -0.0844. The van der Waals surface area contributed by atoms with Gasteiger partial charge in [0.1, 0.15) is 17.2 Å². The molecular formula is C16H20FNO2. The van der Waals surface area contributed by atoms with Crippen molar-refractivity contribution < 1.29 is 13.5 Å². The number of hydrogen-bond acceptors (Lipinski definition) is 3. The second-order valence-corrected chi connectivity index (χ2v) is 5.62. The number of rotatable bonds is 5. The van der Waals surface area contributed by atoms with Crippen LogP contribution in [0.2, 0.25) is 0 Å². The predicted molar refractivity (Wildman–Crippen MR) is 76.2 cm³/mol. The lowest BCUT2D eigenvalue weighted by Gasteiger charge is -2.42. The SMILES string of the molecule is CNC(CC1(OC)CCC1)c1cc2cc(F)ccc2o1. The summed E-state index contributed by atoms with van der Waals surface area (Å²) in [7, 11) is 3.69. The Morgan fingerprint density at radius 1 is 1.40 bits per heavy atom. The highest BCUT2D eigenvalue weighted by Gasteiger charge is 2.39. The summed E-state index contributed by atoms with van der Waals surface area (Å²) >= 11 is 0. The average Bonchev–Trinajstić information content (AvgIpc) is 2.81. The Balaban J connectivity index is 1.87. The molecule has 0 bridgehead atoms. The van der Waals surface area contributed by atoms with Gasteiger partial charge in [0, 0.05) is 12.5 Å². The molecule has 1 aromatic carbocycles. The molecule has 1 fully saturated rings. The topological polar surface area (TPSA) is 34.4 Å². The molecule has 20 heavy (non-hydrogen) atoms. The third kappa shape index (κ3) is 2.34. The van der Waals surface area contributed by atoms with Crippen LogP contribution in [0.5, 0.6) is 0 Å². The van der Waals surface area contributed by atoms with Crippen molar-refractivity contribution in [2.24, 2.45) is 0 Å². The number of methoxy groups -OCH3 is 1. The summed E-state index contributed by atoms with van der Waals surface area (Å²) < 4.78 is 24.8. The Bertz CT molecular complexity index is 598. The van der Waals surface area contributed by atoms with E-state index in [-0.39, 0.29) is 17.5 Å². The number of furan rings is 1. The van der Waals surface area contributed by atoms with Crippen LogP contribution >= 0.6 is 0 Å². The molecule has 1 N–H and O–H groups in total. The second-order valence-electron chi connectivity index (χ2n) is 5.62. The van der Waals surface area contributed by atoms with Gasteiger partial charge in [0.2, 0.25) is 0 Å². The van der Waals surface area contributed by atoms with Gasteiger partial charge in [-0.15, -0.1) is 0 Å². The van der Waals surface area contributed by atoms with E-state index in [1.165, 1.54) is 18.6 Å². The molecule has 3 rings (SSSR count). The Hall–Kier alpha value is -1.39. The van der Waals surface area contributed by atoms with Gasteiger partial charge in [0.15, 0.2) is 0 Å². The minimum absolute atomic E-state index is 0.0299. The maximum absolute atomic E-state index is 13.2. The lowest BCUT2D eigenvalue weighted by atomic mass is 9.75. The summed E-state index contributed by atoms with van der Waals surface area (Å²) in [5.74, 6) is 0.606. The number of fused-ring (bicyclic) bond motifs is 1. The van der Waals surface area contributed by atoms with Crippen molar-refractivity contribution >= 4 is 11.0 Å². The van der Waals surface area contributed by atoms with E-state index in [0.29, 0.717) is 0 Å². The van der Waals surface area contributed by atoms with Crippen LogP contribution < -0.4 is 5.32 Å². The molecule has 1 saturated carbocycles. The molecule has 1 aromatic heterocycles. The maximum atomic E-state index is 13.2. The summed E-state index contributed by atoms with van der Waals surface area (Å²) in [5, 5.41) is 4.09. The summed E-state index contributed by atoms with van der Waals surface area (Å²) in [5.41, 5.74) is 0.694. The van der Waals surface area contributed by atoms with Crippen molar-refractivity contribution in [1.29, 1.82) is 0 Å². The van der Waals surface area contributed by atoms with Crippen molar-refractivity contribution in [1.82, 2.24) is 5.32 Å². The van der Waals surface area contributed by atoms with Crippen LogP contribution in [0.15, 0.2) is 28.7 Å². The van der Waals surface area contributed by atoms with Crippen LogP contribution in [0.1, 0.15) is 37.5 Å². The minimum atomic E-state index is -0.238. The normalized spacial score (nSPS) is 18.9. The van der Waals surface area contributed by atoms with Crippen molar-refractivity contribution in [3.05, 3.63) is 35.8 Å². The lowest BCUT2D eigenvalue weighted by Crippen LogP contribution is -2.42. The molecule has 1 atom stereocenters. The van der Waals surface area contributed by atoms with E-state index >= 15 is 0 Å². The molecule has 0 spiro atoms. The Labute approximate surface area is 118 Å². The van der Waals surface area contributed by atoms with Gasteiger partial charge in [-0.2, -0.15) is 0 Å². The van der Waals surface area contributed by atoms with Gasteiger partial charge < -0.3 is 14.5 Å². The van der Waals surface area contributed by atoms with Crippen molar-refractivity contribution in [2.45, 2.75) is 37.3 Å². The first kappa shape index (κ1) is 13.6. The molecule has 108 valence electrons. The summed E-state index contributed by atoms with van der Waals surface area (Å²) in [6.07, 6.45) is 4.28. The molecule has 0 radical (unpaired) electrons. The zero-order valence-electron chi connectivity index (χ0n) is 11.9. The van der Waals surface area contributed by atoms with Gasteiger partial charge in [0.05, 0.1) is 11.6 Å². The second kappa shape index (κ2) is 5.19. The van der Waals surface area contributed by atoms with Gasteiger partial charge in [-0.3, -0.25) is 0 Å². The fourth-order valence-electron chi connectivity index (χ4n) is 2.99. The van der Waals surface area contributed by atoms with Crippen LogP contribution in [-0.2, 0) is 4.74 Å². The maximum Gasteiger partial charge on any atom is 0.134 e. The van der Waals surface area contributed by atoms with Crippen LogP contribution in [0, 0.1) is 5.82 Å². The highest BCUT2D eigenvalue weighted by Crippen LogP contribution is 2.42. The Morgan fingerprint density at radius 3 is 2.80 bits per heavy atom. The van der Waals surface area contributed by atoms with Gasteiger partial charge in [0.25, 0.3) is 0 Å². The summed E-state index contributed by atoms with van der Waals surface area (Å²) in [4.78, 5) is 0. The van der Waals surface area contributed by atoms with Crippen molar-refractivity contribution in [3.8, 4) is 0 Å². The average molecular weight is 277 g/mol. The zero-order chi connectivity index (χ0) is 14.2. The highest BCUT2D eigenvalue weighted by atomic mass is 19.1. The van der Waals surface area contributed by atoms with E-state index in [0.717, 1.165) is 36.0 Å². The van der Waals surface area contributed by atoms with E-state index in [1.54, 1.807) is 13.2 Å². The first-order valence-corrected chi connectivity index (χ1v) is 7.07. The van der Waals surface area contributed by atoms with Crippen LogP contribution in [0.4, 0.5) is 4.39 Å². The molecule has 1 unspecified atom stereocenters. The zero-order valence-corrected chi connectivity index (χ0v) is 11.9. The quantitative estimate of drug-likeness (QED) is 0.903. The third-order valence-electron chi connectivity index (χ3n) is 4.46. The van der Waals surface area contributed by atoms with E-state index in [1.807, 2.05) is 13.1 Å². The first-order valence-electron chi connectivity index (χ1n) is 7.07. The van der Waals surface area contributed by atoms with E-state index in [2.05, 4.69) is 5.32 Å². The molecule has 1 aliphatic carbocycles. The standard InChI is InChI=1S/C16H20FNO2/c1-18-13(10-16(19-2)6-3-7-16)15-9-11-8-12(17)4-5-14(11)20-15/h4-5,8-9,13,18H,3,6-7,10H2,1-2H3. The van der Waals surface area contributed by atoms with E-state index < -0.39 is 0 Å². The fourth-order valence-corrected chi connectivity index (χ4v) is 2.99. The Kier molecular flexibility index (Phi) is 3.52. The largest absolute Gasteiger partial charge is 0.459 e. The predicted octanol–water partition coefficient (Wildman–Crippen LogP) is 3.79. The Morgan fingerprint density at radius 2 is 2.20 bits per heavy atom. The van der Waals surface area contributed by atoms with Crippen LogP contribution in [0.25, 0.3) is 11.0 Å². The number of hydrogen-bond donors (Lipinski definition) is 1. The molecule has 0 aliphatic heterocycles. The molecule has 3 nitrogen and oxygen atoms in total. The van der Waals surface area contributed by atoms with E-state index in [9.17, 15) is 4.39 Å². The van der Waals surface area contributed by atoms with Crippen molar-refractivity contribution in [2.75, 3.05) is 14.2 Å². The molecule has 0 saturated heterocycles. The molecule has 0 amide bonds. The smallest absolute Gasteiger partial charge is 0.134 e. The van der Waals surface area contributed by atoms with Gasteiger partial charge >= 0.3 is 0 Å². The number of halogens is 1. The molecule has 1 heterocycles. The monoisotopic (exact) mass is 277 g/mol. The third-order valence-corrected chi connectivity index (χ3v) is 4.46. The molecular weight excluding hydrogens is 257 g/mol. The highest BCUT2D eigenvalue weighted by molar-refractivity contribution is 5.78. The number of ether oxygens (including phenoxy) is 1. The molecule has 4 heteroatoms. The van der Waals surface area contributed by atoms with E-state index in [4.69, 9.17) is 9.15 Å². The number of nitrogens with one attached hydrogen (secondary N) is 1. The molecule has 1 aliphatic rings. The van der Waals surface area contributed by atoms with Gasteiger partial charge in [-0.05, 0) is 57.0 Å².